The van der Waals surface area contributed by atoms with Crippen molar-refractivity contribution in [2.45, 2.75) is 13.8 Å². The van der Waals surface area contributed by atoms with E-state index in [0.717, 1.165) is 5.76 Å². The molecule has 20 heavy (non-hydrogen) atoms. The number of rotatable bonds is 4. The van der Waals surface area contributed by atoms with Gasteiger partial charge in [-0.3, -0.25) is 4.79 Å². The van der Waals surface area contributed by atoms with E-state index in [1.165, 1.54) is 6.26 Å². The van der Waals surface area contributed by atoms with Gasteiger partial charge in [-0.1, -0.05) is 6.58 Å². The Bertz CT molecular complexity index is 632. The van der Waals surface area contributed by atoms with Crippen LogP contribution in [0.25, 0.3) is 0 Å². The van der Waals surface area contributed by atoms with E-state index in [1.54, 1.807) is 31.3 Å². The number of nitrogens with one attached hydrogen (secondary N) is 1. The smallest absolute Gasteiger partial charge is 0.232 e. The fraction of sp³-hybridized carbons (Fsp3) is 0.133. The van der Waals surface area contributed by atoms with E-state index in [-0.39, 0.29) is 5.78 Å². The van der Waals surface area contributed by atoms with Gasteiger partial charge in [0.05, 0.1) is 0 Å². The summed E-state index contributed by atoms with van der Waals surface area (Å²) in [5.41, 5.74) is 1.05. The average molecular weight is 336 g/mol. The quantitative estimate of drug-likeness (QED) is 0.515. The van der Waals surface area contributed by atoms with Crippen molar-refractivity contribution in [2.75, 3.05) is 0 Å². The lowest BCUT2D eigenvalue weighted by Crippen LogP contribution is -2.02. The van der Waals surface area contributed by atoms with Crippen LogP contribution in [0.2, 0.25) is 0 Å². The van der Waals surface area contributed by atoms with Gasteiger partial charge in [-0.25, -0.2) is 0 Å². The first-order chi connectivity index (χ1) is 9.47. The zero-order chi connectivity index (χ0) is 14.7. The summed E-state index contributed by atoms with van der Waals surface area (Å²) in [6.45, 7) is 7.17. The highest BCUT2D eigenvalue weighted by atomic mass is 79.9. The van der Waals surface area contributed by atoms with Crippen LogP contribution in [0.5, 0.6) is 5.75 Å². The number of carbonyl (C=O) groups is 1. The van der Waals surface area contributed by atoms with Gasteiger partial charge in [-0.05, 0) is 53.5 Å². The van der Waals surface area contributed by atoms with E-state index in [9.17, 15) is 4.79 Å². The van der Waals surface area contributed by atoms with E-state index >= 15 is 0 Å². The number of Topliss-reactive ketones (excluding diaryl/α,β-unsaturated/α-hetero) is 1. The molecular weight excluding hydrogens is 322 g/mol. The van der Waals surface area contributed by atoms with Crippen LogP contribution in [0.1, 0.15) is 24.2 Å². The van der Waals surface area contributed by atoms with Crippen molar-refractivity contribution in [1.29, 1.82) is 0 Å². The number of allylic oxidation sites excluding steroid dienone is 2. The number of ether oxygens (including phenoxy) is 2. The molecule has 0 bridgehead atoms. The molecule has 1 aromatic rings. The zero-order valence-electron chi connectivity index (χ0n) is 11.2. The summed E-state index contributed by atoms with van der Waals surface area (Å²) in [5, 5.41) is 2.91. The summed E-state index contributed by atoms with van der Waals surface area (Å²) >= 11 is 3.36. The highest BCUT2D eigenvalue weighted by Crippen LogP contribution is 2.25. The normalized spacial score (nSPS) is 15.3. The van der Waals surface area contributed by atoms with E-state index in [1.807, 2.05) is 6.92 Å². The van der Waals surface area contributed by atoms with Crippen molar-refractivity contribution in [2.24, 2.45) is 0 Å². The number of benzene rings is 1. The van der Waals surface area contributed by atoms with Gasteiger partial charge in [-0.15, -0.1) is 0 Å². The third-order valence-electron chi connectivity index (χ3n) is 2.56. The molecule has 1 aromatic carbocycles. The molecule has 0 fully saturated rings. The van der Waals surface area contributed by atoms with E-state index < -0.39 is 0 Å². The van der Waals surface area contributed by atoms with Crippen LogP contribution < -0.4 is 10.1 Å². The Morgan fingerprint density at radius 1 is 1.50 bits per heavy atom. The van der Waals surface area contributed by atoms with E-state index in [2.05, 4.69) is 27.8 Å². The lowest BCUT2D eigenvalue weighted by Gasteiger charge is -2.07. The minimum Gasteiger partial charge on any atom is -0.459 e. The number of hydrogen-bond donors (Lipinski definition) is 1. The zero-order valence-corrected chi connectivity index (χ0v) is 12.8. The SMILES string of the molecule is C=C(C)C(=O)c1ccc(OC=C2NC=C(C)O2)cc1Br. The van der Waals surface area contributed by atoms with E-state index in [4.69, 9.17) is 9.47 Å². The van der Waals surface area contributed by atoms with E-state index in [0.29, 0.717) is 27.2 Å². The Hall–Kier alpha value is -2.01. The molecule has 0 saturated carbocycles. The minimum absolute atomic E-state index is 0.0950. The molecule has 0 aromatic heterocycles. The first kappa shape index (κ1) is 14.4. The van der Waals surface area contributed by atoms with Gasteiger partial charge in [0.2, 0.25) is 5.88 Å². The topological polar surface area (TPSA) is 47.6 Å². The van der Waals surface area contributed by atoms with Crippen LogP contribution in [0, 0.1) is 0 Å². The van der Waals surface area contributed by atoms with Crippen molar-refractivity contribution < 1.29 is 14.3 Å². The van der Waals surface area contributed by atoms with Gasteiger partial charge in [-0.2, -0.15) is 0 Å². The minimum atomic E-state index is -0.0950. The van der Waals surface area contributed by atoms with Crippen LogP contribution in [0.3, 0.4) is 0 Å². The van der Waals surface area contributed by atoms with Gasteiger partial charge >= 0.3 is 0 Å². The molecule has 5 heteroatoms. The van der Waals surface area contributed by atoms with Gasteiger partial charge in [0.25, 0.3) is 0 Å². The summed E-state index contributed by atoms with van der Waals surface area (Å²) in [6.07, 6.45) is 3.20. The molecule has 0 radical (unpaired) electrons. The summed E-state index contributed by atoms with van der Waals surface area (Å²) in [5.74, 6) is 1.78. The second-order valence-corrected chi connectivity index (χ2v) is 5.21. The molecule has 0 spiro atoms. The molecule has 0 unspecified atom stereocenters. The second kappa shape index (κ2) is 5.96. The number of halogens is 1. The van der Waals surface area contributed by atoms with Crippen molar-refractivity contribution in [1.82, 2.24) is 5.32 Å². The van der Waals surface area contributed by atoms with Gasteiger partial charge in [0.15, 0.2) is 12.0 Å². The Morgan fingerprint density at radius 2 is 2.25 bits per heavy atom. The highest BCUT2D eigenvalue weighted by molar-refractivity contribution is 9.10. The highest BCUT2D eigenvalue weighted by Gasteiger charge is 2.12. The Kier molecular flexibility index (Phi) is 4.29. The Labute approximate surface area is 125 Å². The maximum atomic E-state index is 11.9. The molecular formula is C15H14BrNO3. The van der Waals surface area contributed by atoms with Crippen molar-refractivity contribution in [3.63, 3.8) is 0 Å². The lowest BCUT2D eigenvalue weighted by atomic mass is 10.1. The van der Waals surface area contributed by atoms with Crippen LogP contribution in [0.4, 0.5) is 0 Å². The number of ketones is 1. The first-order valence-corrected chi connectivity index (χ1v) is 6.74. The standard InChI is InChI=1S/C15H14BrNO3/c1-9(2)15(18)12-5-4-11(6-13(12)16)19-8-14-17-7-10(3)20-14/h4-8,17H,1H2,2-3H3. The van der Waals surface area contributed by atoms with Crippen LogP contribution in [-0.4, -0.2) is 5.78 Å². The van der Waals surface area contributed by atoms with Crippen molar-refractivity contribution in [3.05, 3.63) is 64.5 Å². The molecule has 0 aliphatic carbocycles. The molecule has 1 N–H and O–H groups in total. The second-order valence-electron chi connectivity index (χ2n) is 4.35. The predicted molar refractivity (Wildman–Crippen MR) is 80.0 cm³/mol. The first-order valence-electron chi connectivity index (χ1n) is 5.95. The molecule has 2 rings (SSSR count). The fourth-order valence-electron chi connectivity index (χ4n) is 1.57. The van der Waals surface area contributed by atoms with Crippen LogP contribution in [0.15, 0.2) is 58.9 Å². The summed E-state index contributed by atoms with van der Waals surface area (Å²) < 4.78 is 11.4. The fourth-order valence-corrected chi connectivity index (χ4v) is 2.11. The largest absolute Gasteiger partial charge is 0.459 e. The molecule has 104 valence electrons. The van der Waals surface area contributed by atoms with Gasteiger partial charge in [0.1, 0.15) is 11.5 Å². The molecule has 4 nitrogen and oxygen atoms in total. The van der Waals surface area contributed by atoms with Crippen molar-refractivity contribution in [3.8, 4) is 5.75 Å². The molecule has 0 atom stereocenters. The van der Waals surface area contributed by atoms with Crippen molar-refractivity contribution >= 4 is 21.7 Å². The molecule has 1 aliphatic rings. The average Bonchev–Trinajstić information content (AvgIpc) is 2.81. The summed E-state index contributed by atoms with van der Waals surface area (Å²) in [4.78, 5) is 11.9. The molecule has 1 aliphatic heterocycles. The Morgan fingerprint density at radius 3 is 2.80 bits per heavy atom. The maximum absolute atomic E-state index is 11.9. The predicted octanol–water partition coefficient (Wildman–Crippen LogP) is 3.87. The molecule has 1 heterocycles. The van der Waals surface area contributed by atoms with Gasteiger partial charge in [0, 0.05) is 16.2 Å². The number of carbonyl (C=O) groups excluding carboxylic acids is 1. The molecule has 0 amide bonds. The lowest BCUT2D eigenvalue weighted by molar-refractivity contribution is 0.103. The number of hydrogen-bond acceptors (Lipinski definition) is 4. The Balaban J connectivity index is 2.10. The third kappa shape index (κ3) is 3.30. The maximum Gasteiger partial charge on any atom is 0.232 e. The van der Waals surface area contributed by atoms with Crippen LogP contribution >= 0.6 is 15.9 Å². The molecule has 0 saturated heterocycles. The summed E-state index contributed by atoms with van der Waals surface area (Å²) in [7, 11) is 0. The van der Waals surface area contributed by atoms with Crippen LogP contribution in [-0.2, 0) is 4.74 Å². The third-order valence-corrected chi connectivity index (χ3v) is 3.22. The monoisotopic (exact) mass is 335 g/mol. The van der Waals surface area contributed by atoms with Gasteiger partial charge < -0.3 is 14.8 Å². The summed E-state index contributed by atoms with van der Waals surface area (Å²) in [6, 6.07) is 5.14.